The predicted molar refractivity (Wildman–Crippen MR) is 77.7 cm³/mol. The lowest BCUT2D eigenvalue weighted by Crippen LogP contribution is -2.28. The van der Waals surface area contributed by atoms with Gasteiger partial charge >= 0.3 is 0 Å². The lowest BCUT2D eigenvalue weighted by molar-refractivity contribution is -0.0282. The zero-order chi connectivity index (χ0) is 14.3. The van der Waals surface area contributed by atoms with E-state index in [0.29, 0.717) is 19.8 Å². The third-order valence-corrected chi connectivity index (χ3v) is 2.97. The van der Waals surface area contributed by atoms with Crippen LogP contribution in [0.25, 0.3) is 0 Å². The topological polar surface area (TPSA) is 50.7 Å². The van der Waals surface area contributed by atoms with Crippen molar-refractivity contribution in [3.05, 3.63) is 29.3 Å². The molecule has 4 heteroatoms. The van der Waals surface area contributed by atoms with E-state index >= 15 is 0 Å². The molecule has 0 aromatic heterocycles. The average Bonchev–Trinajstić information content (AvgIpc) is 2.36. The average molecular weight is 267 g/mol. The van der Waals surface area contributed by atoms with E-state index in [1.54, 1.807) is 7.11 Å². The zero-order valence-electron chi connectivity index (χ0n) is 12.3. The first kappa shape index (κ1) is 16.0. The summed E-state index contributed by atoms with van der Waals surface area (Å²) in [6.45, 7) is 7.36. The van der Waals surface area contributed by atoms with Crippen LogP contribution in [0, 0.1) is 13.8 Å². The van der Waals surface area contributed by atoms with Crippen LogP contribution in [-0.2, 0) is 9.47 Å². The highest BCUT2D eigenvalue weighted by Crippen LogP contribution is 2.19. The maximum absolute atomic E-state index is 9.88. The lowest BCUT2D eigenvalue weighted by Gasteiger charge is -2.18. The van der Waals surface area contributed by atoms with Crippen LogP contribution in [-0.4, -0.2) is 44.2 Å². The smallest absolute Gasteiger partial charge is 0.0945 e. The SMILES string of the molecule is COCC(C)OCC(O)CNc1c(C)cccc1C. The van der Waals surface area contributed by atoms with Gasteiger partial charge in [0.2, 0.25) is 0 Å². The number of aryl methyl sites for hydroxylation is 2. The molecule has 19 heavy (non-hydrogen) atoms. The number of hydrogen-bond donors (Lipinski definition) is 2. The molecule has 2 unspecified atom stereocenters. The number of rotatable bonds is 8. The van der Waals surface area contributed by atoms with Crippen LogP contribution in [0.15, 0.2) is 18.2 Å². The number of benzene rings is 1. The van der Waals surface area contributed by atoms with Gasteiger partial charge in [-0.2, -0.15) is 0 Å². The van der Waals surface area contributed by atoms with Crippen LogP contribution >= 0.6 is 0 Å². The molecule has 4 nitrogen and oxygen atoms in total. The molecule has 0 aliphatic rings. The van der Waals surface area contributed by atoms with Crippen molar-refractivity contribution in [2.45, 2.75) is 33.0 Å². The van der Waals surface area contributed by atoms with Crippen molar-refractivity contribution in [2.75, 3.05) is 32.2 Å². The van der Waals surface area contributed by atoms with Gasteiger partial charge in [-0.1, -0.05) is 18.2 Å². The highest BCUT2D eigenvalue weighted by Gasteiger charge is 2.09. The van der Waals surface area contributed by atoms with E-state index in [2.05, 4.69) is 31.3 Å². The van der Waals surface area contributed by atoms with Crippen molar-refractivity contribution in [3.8, 4) is 0 Å². The maximum Gasteiger partial charge on any atom is 0.0945 e. The fourth-order valence-electron chi connectivity index (χ4n) is 1.93. The summed E-state index contributed by atoms with van der Waals surface area (Å²) in [5, 5.41) is 13.2. The quantitative estimate of drug-likeness (QED) is 0.757. The van der Waals surface area contributed by atoms with E-state index in [1.165, 1.54) is 11.1 Å². The van der Waals surface area contributed by atoms with Crippen LogP contribution in [0.4, 0.5) is 5.69 Å². The zero-order valence-corrected chi connectivity index (χ0v) is 12.3. The van der Waals surface area contributed by atoms with Gasteiger partial charge in [0.05, 0.1) is 25.4 Å². The molecule has 0 saturated carbocycles. The van der Waals surface area contributed by atoms with E-state index in [1.807, 2.05) is 13.0 Å². The Morgan fingerprint density at radius 2 is 1.84 bits per heavy atom. The van der Waals surface area contributed by atoms with Gasteiger partial charge in [-0.15, -0.1) is 0 Å². The van der Waals surface area contributed by atoms with Crippen LogP contribution in [0.2, 0.25) is 0 Å². The molecular weight excluding hydrogens is 242 g/mol. The molecule has 0 spiro atoms. The molecule has 2 atom stereocenters. The summed E-state index contributed by atoms with van der Waals surface area (Å²) in [7, 11) is 1.64. The molecule has 2 N–H and O–H groups in total. The predicted octanol–water partition coefficient (Wildman–Crippen LogP) is 2.13. The molecule has 0 bridgehead atoms. The molecule has 0 heterocycles. The minimum atomic E-state index is -0.529. The number of nitrogens with one attached hydrogen (secondary N) is 1. The summed E-state index contributed by atoms with van der Waals surface area (Å²) in [5.74, 6) is 0. The van der Waals surface area contributed by atoms with Crippen LogP contribution < -0.4 is 5.32 Å². The first-order valence-corrected chi connectivity index (χ1v) is 6.63. The molecule has 0 fully saturated rings. The largest absolute Gasteiger partial charge is 0.389 e. The Morgan fingerprint density at radius 3 is 2.42 bits per heavy atom. The van der Waals surface area contributed by atoms with Crippen molar-refractivity contribution < 1.29 is 14.6 Å². The summed E-state index contributed by atoms with van der Waals surface area (Å²) in [5.41, 5.74) is 3.45. The second-order valence-corrected chi connectivity index (χ2v) is 4.90. The molecule has 0 saturated heterocycles. The van der Waals surface area contributed by atoms with Crippen molar-refractivity contribution in [3.63, 3.8) is 0 Å². The van der Waals surface area contributed by atoms with Gasteiger partial charge in [0.25, 0.3) is 0 Å². The molecule has 108 valence electrons. The van der Waals surface area contributed by atoms with Gasteiger partial charge in [-0.3, -0.25) is 0 Å². The summed E-state index contributed by atoms with van der Waals surface area (Å²) in [6.07, 6.45) is -0.529. The van der Waals surface area contributed by atoms with Crippen molar-refractivity contribution in [1.82, 2.24) is 0 Å². The fourth-order valence-corrected chi connectivity index (χ4v) is 1.93. The monoisotopic (exact) mass is 267 g/mol. The fraction of sp³-hybridized carbons (Fsp3) is 0.600. The standard InChI is InChI=1S/C15H25NO3/c1-11-6-5-7-12(2)15(11)16-8-14(17)10-19-13(3)9-18-4/h5-7,13-14,16-17H,8-10H2,1-4H3. The Kier molecular flexibility index (Phi) is 6.84. The van der Waals surface area contributed by atoms with Gasteiger partial charge in [-0.25, -0.2) is 0 Å². The van der Waals surface area contributed by atoms with Crippen molar-refractivity contribution in [2.24, 2.45) is 0 Å². The number of aliphatic hydroxyl groups is 1. The van der Waals surface area contributed by atoms with E-state index in [0.717, 1.165) is 5.69 Å². The van der Waals surface area contributed by atoms with Crippen LogP contribution in [0.1, 0.15) is 18.1 Å². The van der Waals surface area contributed by atoms with Gasteiger partial charge in [0, 0.05) is 19.3 Å². The van der Waals surface area contributed by atoms with Crippen molar-refractivity contribution in [1.29, 1.82) is 0 Å². The van der Waals surface area contributed by atoms with E-state index in [9.17, 15) is 5.11 Å². The second-order valence-electron chi connectivity index (χ2n) is 4.90. The number of para-hydroxylation sites is 1. The van der Waals surface area contributed by atoms with Gasteiger partial charge in [0.1, 0.15) is 0 Å². The molecule has 1 rings (SSSR count). The molecule has 0 amide bonds. The number of ether oxygens (including phenoxy) is 2. The Balaban J connectivity index is 2.36. The molecule has 0 aliphatic carbocycles. The molecule has 1 aromatic rings. The van der Waals surface area contributed by atoms with E-state index in [4.69, 9.17) is 9.47 Å². The summed E-state index contributed by atoms with van der Waals surface area (Å²) in [4.78, 5) is 0. The Labute approximate surface area is 115 Å². The first-order chi connectivity index (χ1) is 9.04. The second kappa shape index (κ2) is 8.15. The highest BCUT2D eigenvalue weighted by molar-refractivity contribution is 5.56. The molecule has 0 radical (unpaired) electrons. The first-order valence-electron chi connectivity index (χ1n) is 6.63. The number of anilines is 1. The third kappa shape index (κ3) is 5.59. The Hall–Kier alpha value is -1.10. The van der Waals surface area contributed by atoms with Crippen molar-refractivity contribution >= 4 is 5.69 Å². The Bertz CT molecular complexity index is 361. The van der Waals surface area contributed by atoms with Gasteiger partial charge in [0.15, 0.2) is 0 Å². The highest BCUT2D eigenvalue weighted by atomic mass is 16.5. The number of aliphatic hydroxyl groups excluding tert-OH is 1. The number of hydrogen-bond acceptors (Lipinski definition) is 4. The molecule has 0 aliphatic heterocycles. The minimum Gasteiger partial charge on any atom is -0.389 e. The van der Waals surface area contributed by atoms with E-state index < -0.39 is 6.10 Å². The lowest BCUT2D eigenvalue weighted by atomic mass is 10.1. The third-order valence-electron chi connectivity index (χ3n) is 2.97. The summed E-state index contributed by atoms with van der Waals surface area (Å²) >= 11 is 0. The summed E-state index contributed by atoms with van der Waals surface area (Å²) < 4.78 is 10.5. The molecule has 1 aromatic carbocycles. The molecular formula is C15H25NO3. The van der Waals surface area contributed by atoms with Gasteiger partial charge < -0.3 is 19.9 Å². The maximum atomic E-state index is 9.88. The van der Waals surface area contributed by atoms with E-state index in [-0.39, 0.29) is 6.10 Å². The minimum absolute atomic E-state index is 0.000141. The normalized spacial score (nSPS) is 14.2. The summed E-state index contributed by atoms with van der Waals surface area (Å²) in [6, 6.07) is 6.14. The van der Waals surface area contributed by atoms with Crippen LogP contribution in [0.3, 0.4) is 0 Å². The number of methoxy groups -OCH3 is 1. The van der Waals surface area contributed by atoms with Gasteiger partial charge in [-0.05, 0) is 31.9 Å². The van der Waals surface area contributed by atoms with Crippen LogP contribution in [0.5, 0.6) is 0 Å². The Morgan fingerprint density at radius 1 is 1.21 bits per heavy atom.